The highest BCUT2D eigenvalue weighted by molar-refractivity contribution is 6.18. The first-order valence-corrected chi connectivity index (χ1v) is 19.2. The van der Waals surface area contributed by atoms with Crippen molar-refractivity contribution in [1.29, 1.82) is 0 Å². The molecular formula is C40H51ClN2O10. The molecule has 2 aromatic rings. The highest BCUT2D eigenvalue weighted by atomic mass is 35.5. The lowest BCUT2D eigenvalue weighted by molar-refractivity contribution is -0.256. The zero-order valence-corrected chi connectivity index (χ0v) is 31.0. The predicted octanol–water partition coefficient (Wildman–Crippen LogP) is 6.65. The van der Waals surface area contributed by atoms with E-state index in [1.54, 1.807) is 29.2 Å². The van der Waals surface area contributed by atoms with Crippen molar-refractivity contribution in [3.8, 4) is 23.0 Å². The minimum atomic E-state index is -1.47. The zero-order valence-electron chi connectivity index (χ0n) is 30.3. The lowest BCUT2D eigenvalue weighted by atomic mass is 9.55. The van der Waals surface area contributed by atoms with Crippen LogP contribution in [0.25, 0.3) is 0 Å². The molecule has 0 saturated heterocycles. The van der Waals surface area contributed by atoms with E-state index in [2.05, 4.69) is 12.7 Å². The molecule has 3 N–H and O–H groups in total. The van der Waals surface area contributed by atoms with Gasteiger partial charge in [-0.2, -0.15) is 0 Å². The van der Waals surface area contributed by atoms with Crippen LogP contribution in [0.15, 0.2) is 65.9 Å². The van der Waals surface area contributed by atoms with Crippen LogP contribution in [0, 0.1) is 17.8 Å². The Labute approximate surface area is 315 Å². The number of aliphatic hydroxyl groups is 2. The molecule has 2 heterocycles. The molecule has 2 aliphatic heterocycles. The van der Waals surface area contributed by atoms with Gasteiger partial charge in [0.2, 0.25) is 12.6 Å². The fraction of sp³-hybridized carbons (Fsp3) is 0.550. The summed E-state index contributed by atoms with van der Waals surface area (Å²) in [6.45, 7) is 6.68. The molecule has 2 aliphatic carbocycles. The molecule has 0 spiro atoms. The molecule has 53 heavy (non-hydrogen) atoms. The summed E-state index contributed by atoms with van der Waals surface area (Å²) in [5.41, 5.74) is 3.18. The van der Waals surface area contributed by atoms with Crippen LogP contribution in [0.3, 0.4) is 0 Å². The Morgan fingerprint density at radius 3 is 2.60 bits per heavy atom. The first-order chi connectivity index (χ1) is 25.9. The molecule has 4 aliphatic rings. The Morgan fingerprint density at radius 1 is 1.08 bits per heavy atom. The molecule has 1 amide bonds. The Hall–Kier alpha value is -3.97. The normalized spacial score (nSPS) is 25.8. The summed E-state index contributed by atoms with van der Waals surface area (Å²) >= 11 is 6.03. The average molecular weight is 755 g/mol. The minimum absolute atomic E-state index is 0.00617. The number of aliphatic hydroxyl groups excluding tert-OH is 2. The van der Waals surface area contributed by atoms with Gasteiger partial charge in [0.25, 0.3) is 0 Å². The van der Waals surface area contributed by atoms with E-state index in [1.165, 1.54) is 0 Å². The third kappa shape index (κ3) is 8.11. The van der Waals surface area contributed by atoms with E-state index in [0.29, 0.717) is 42.4 Å². The number of hydrogen-bond acceptors (Lipinski definition) is 11. The second kappa shape index (κ2) is 17.9. The van der Waals surface area contributed by atoms with Crippen LogP contribution in [-0.4, -0.2) is 89.6 Å². The number of phenols is 1. The van der Waals surface area contributed by atoms with Crippen molar-refractivity contribution in [3.05, 3.63) is 71.8 Å². The van der Waals surface area contributed by atoms with Gasteiger partial charge in [0.1, 0.15) is 30.8 Å². The third-order valence-electron chi connectivity index (χ3n) is 10.7. The minimum Gasteiger partial charge on any atom is -0.508 e. The van der Waals surface area contributed by atoms with Gasteiger partial charge in [0.05, 0.1) is 24.1 Å². The fourth-order valence-electron chi connectivity index (χ4n) is 8.55. The van der Waals surface area contributed by atoms with E-state index in [1.807, 2.05) is 25.1 Å². The molecule has 13 heteroatoms. The summed E-state index contributed by atoms with van der Waals surface area (Å²) in [5, 5.41) is 35.1. The number of alkyl halides is 1. The quantitative estimate of drug-likeness (QED) is 0.0654. The number of allylic oxidation sites excluding steroid dienone is 1. The smallest absolute Gasteiger partial charge is 0.410 e. The van der Waals surface area contributed by atoms with Crippen molar-refractivity contribution in [2.24, 2.45) is 22.9 Å². The van der Waals surface area contributed by atoms with Crippen LogP contribution in [0.2, 0.25) is 0 Å². The first-order valence-electron chi connectivity index (χ1n) is 18.7. The molecule has 0 unspecified atom stereocenters. The molecule has 2 aromatic carbocycles. The number of aromatic hydroxyl groups is 1. The van der Waals surface area contributed by atoms with Gasteiger partial charge in [0.15, 0.2) is 11.5 Å². The van der Waals surface area contributed by atoms with Gasteiger partial charge in [0, 0.05) is 37.7 Å². The van der Waals surface area contributed by atoms with Crippen molar-refractivity contribution in [2.45, 2.75) is 76.2 Å². The molecule has 12 nitrogen and oxygen atoms in total. The van der Waals surface area contributed by atoms with Gasteiger partial charge in [-0.1, -0.05) is 36.2 Å². The molecule has 1 fully saturated rings. The number of halogens is 1. The largest absolute Gasteiger partial charge is 0.508 e. The molecule has 288 valence electrons. The van der Waals surface area contributed by atoms with Crippen LogP contribution in [0.4, 0.5) is 4.79 Å². The standard InChI is InChI=1S/C40H51ClN2O10/c1-3-18-51-40-36(43(39(47)48-19-15-41)24-26-11-13-34-35(20-26)50-25-49-34)23-32(42-52-4-2)30-21-27(9-5-7-16-44)29(10-6-8-17-45)37(38(30)40)31-22-28(46)12-14-33(31)53-40/h3,11-14,20-22,27,29,36-38,44-46H,1,4-10,15-19,23-25H2,2H3/t27-,29+,36-,37+,38+,40+/m0/s1. The van der Waals surface area contributed by atoms with Crippen molar-refractivity contribution in [3.63, 3.8) is 0 Å². The molecular weight excluding hydrogens is 704 g/mol. The van der Waals surface area contributed by atoms with Crippen LogP contribution >= 0.6 is 11.6 Å². The van der Waals surface area contributed by atoms with Crippen LogP contribution in [0.5, 0.6) is 23.0 Å². The maximum absolute atomic E-state index is 14.3. The average Bonchev–Trinajstić information content (AvgIpc) is 3.64. The molecule has 0 bridgehead atoms. The predicted molar refractivity (Wildman–Crippen MR) is 198 cm³/mol. The van der Waals surface area contributed by atoms with Crippen molar-refractivity contribution in [1.82, 2.24) is 4.90 Å². The number of hydrogen-bond donors (Lipinski definition) is 3. The highest BCUT2D eigenvalue weighted by Gasteiger charge is 2.65. The van der Waals surface area contributed by atoms with E-state index in [0.717, 1.165) is 42.4 Å². The number of amides is 1. The first kappa shape index (κ1) is 38.7. The van der Waals surface area contributed by atoms with E-state index in [4.69, 9.17) is 45.3 Å². The second-order valence-electron chi connectivity index (χ2n) is 13.8. The summed E-state index contributed by atoms with van der Waals surface area (Å²) < 4.78 is 31.1. The summed E-state index contributed by atoms with van der Waals surface area (Å²) in [4.78, 5) is 21.7. The Kier molecular flexibility index (Phi) is 13.1. The Morgan fingerprint density at radius 2 is 1.85 bits per heavy atom. The number of oxime groups is 1. The van der Waals surface area contributed by atoms with Gasteiger partial charge in [-0.25, -0.2) is 4.79 Å². The van der Waals surface area contributed by atoms with Gasteiger partial charge < -0.3 is 43.8 Å². The summed E-state index contributed by atoms with van der Waals surface area (Å²) in [6.07, 6.45) is 8.05. The molecule has 0 radical (unpaired) electrons. The van der Waals surface area contributed by atoms with Crippen molar-refractivity contribution >= 4 is 23.4 Å². The van der Waals surface area contributed by atoms with Crippen LogP contribution < -0.4 is 14.2 Å². The number of carbonyl (C=O) groups excluding carboxylic acids is 1. The van der Waals surface area contributed by atoms with E-state index < -0.39 is 23.8 Å². The molecule has 6 rings (SSSR count). The third-order valence-corrected chi connectivity index (χ3v) is 10.8. The summed E-state index contributed by atoms with van der Waals surface area (Å²) in [6, 6.07) is 9.88. The summed E-state index contributed by atoms with van der Waals surface area (Å²) in [5.74, 6) is -0.168. The number of nitrogens with zero attached hydrogens (tertiary/aromatic N) is 2. The summed E-state index contributed by atoms with van der Waals surface area (Å²) in [7, 11) is 0. The number of benzene rings is 2. The van der Waals surface area contributed by atoms with E-state index in [9.17, 15) is 20.1 Å². The van der Waals surface area contributed by atoms with Crippen molar-refractivity contribution in [2.75, 3.05) is 45.7 Å². The Bertz CT molecular complexity index is 1650. The second-order valence-corrected chi connectivity index (χ2v) is 14.2. The number of phenolic OH excluding ortho intramolecular Hbond substituents is 1. The molecule has 1 saturated carbocycles. The topological polar surface area (TPSA) is 149 Å². The SMILES string of the molecule is C=CCO[C@@]12Oc3ccc(O)cc3[C@H]3[C@H](CCCCO)[C@@H](CCCCO)C=C(C(=NOCC)C[C@@H]1N(Cc1ccc4c(c1)OCO4)C(=O)OCCCl)[C@H]32. The zero-order chi connectivity index (χ0) is 37.4. The monoisotopic (exact) mass is 754 g/mol. The van der Waals surface area contributed by atoms with Crippen molar-refractivity contribution < 1.29 is 48.6 Å². The number of fused-ring (bicyclic) bond motifs is 3. The Balaban J connectivity index is 1.57. The number of ether oxygens (including phenoxy) is 5. The lowest BCUT2D eigenvalue weighted by Crippen LogP contribution is -2.70. The molecule has 6 atom stereocenters. The lowest BCUT2D eigenvalue weighted by Gasteiger charge is -2.59. The van der Waals surface area contributed by atoms with Crippen LogP contribution in [0.1, 0.15) is 68.9 Å². The van der Waals surface area contributed by atoms with E-state index >= 15 is 0 Å². The number of rotatable bonds is 18. The van der Waals surface area contributed by atoms with Gasteiger partial charge in [-0.3, -0.25) is 4.90 Å². The number of carbonyl (C=O) groups is 1. The maximum atomic E-state index is 14.3. The van der Waals surface area contributed by atoms with Gasteiger partial charge in [-0.15, -0.1) is 18.2 Å². The van der Waals surface area contributed by atoms with Crippen LogP contribution in [-0.2, 0) is 20.9 Å². The van der Waals surface area contributed by atoms with Gasteiger partial charge >= 0.3 is 6.09 Å². The van der Waals surface area contributed by atoms with Gasteiger partial charge in [-0.05, 0) is 85.9 Å². The highest BCUT2D eigenvalue weighted by Crippen LogP contribution is 2.62. The van der Waals surface area contributed by atoms with E-state index in [-0.39, 0.29) is 75.6 Å². The number of unbranched alkanes of at least 4 members (excludes halogenated alkanes) is 2. The maximum Gasteiger partial charge on any atom is 0.410 e. The fourth-order valence-corrected chi connectivity index (χ4v) is 8.62. The molecule has 0 aromatic heterocycles.